The SMILES string of the molecule is CCOC(=O)Cc1cc(C)cc([N+](=O)[O-])c1C=O. The Bertz CT molecular complexity index is 495. The number of nitro benzene ring substituents is 1. The summed E-state index contributed by atoms with van der Waals surface area (Å²) in [5.41, 5.74) is 0.574. The van der Waals surface area contributed by atoms with Gasteiger partial charge < -0.3 is 4.74 Å². The number of carbonyl (C=O) groups excluding carboxylic acids is 2. The highest BCUT2D eigenvalue weighted by Gasteiger charge is 2.20. The van der Waals surface area contributed by atoms with Crippen molar-refractivity contribution in [3.8, 4) is 0 Å². The molecule has 18 heavy (non-hydrogen) atoms. The number of hydrogen-bond donors (Lipinski definition) is 0. The molecule has 96 valence electrons. The molecule has 0 aliphatic rings. The highest BCUT2D eigenvalue weighted by molar-refractivity contribution is 5.87. The van der Waals surface area contributed by atoms with Crippen LogP contribution >= 0.6 is 0 Å². The molecule has 0 spiro atoms. The predicted molar refractivity (Wildman–Crippen MR) is 63.6 cm³/mol. The molecule has 6 heteroatoms. The van der Waals surface area contributed by atoms with E-state index in [9.17, 15) is 19.7 Å². The average Bonchev–Trinajstić information content (AvgIpc) is 2.28. The Morgan fingerprint density at radius 3 is 2.67 bits per heavy atom. The van der Waals surface area contributed by atoms with Crippen LogP contribution in [0.1, 0.15) is 28.4 Å². The third-order valence-corrected chi connectivity index (χ3v) is 2.34. The van der Waals surface area contributed by atoms with E-state index in [1.807, 2.05) is 0 Å². The van der Waals surface area contributed by atoms with Crippen LogP contribution in [0.5, 0.6) is 0 Å². The first kappa shape index (κ1) is 13.8. The summed E-state index contributed by atoms with van der Waals surface area (Å²) in [5.74, 6) is -0.513. The van der Waals surface area contributed by atoms with Crippen LogP contribution in [0.4, 0.5) is 5.69 Å². The average molecular weight is 251 g/mol. The summed E-state index contributed by atoms with van der Waals surface area (Å²) in [6.45, 7) is 3.55. The van der Waals surface area contributed by atoms with Gasteiger partial charge in [0.1, 0.15) is 0 Å². The number of ether oxygens (including phenoxy) is 1. The van der Waals surface area contributed by atoms with Crippen molar-refractivity contribution in [1.82, 2.24) is 0 Å². The summed E-state index contributed by atoms with van der Waals surface area (Å²) in [7, 11) is 0. The van der Waals surface area contributed by atoms with Crippen molar-refractivity contribution in [2.75, 3.05) is 6.61 Å². The lowest BCUT2D eigenvalue weighted by atomic mass is 10.0. The molecule has 1 rings (SSSR count). The first-order chi connectivity index (χ1) is 8.49. The lowest BCUT2D eigenvalue weighted by Gasteiger charge is -2.07. The fourth-order valence-electron chi connectivity index (χ4n) is 1.65. The van der Waals surface area contributed by atoms with E-state index in [1.54, 1.807) is 19.9 Å². The summed E-state index contributed by atoms with van der Waals surface area (Å²) < 4.78 is 4.76. The minimum Gasteiger partial charge on any atom is -0.466 e. The zero-order valence-electron chi connectivity index (χ0n) is 10.1. The summed E-state index contributed by atoms with van der Waals surface area (Å²) >= 11 is 0. The molecular weight excluding hydrogens is 238 g/mol. The summed E-state index contributed by atoms with van der Waals surface area (Å²) in [6, 6.07) is 2.88. The van der Waals surface area contributed by atoms with Gasteiger partial charge in [-0.3, -0.25) is 19.7 Å². The number of rotatable bonds is 5. The molecule has 1 aromatic carbocycles. The molecule has 0 aliphatic carbocycles. The van der Waals surface area contributed by atoms with Gasteiger partial charge in [0, 0.05) is 6.07 Å². The Hall–Kier alpha value is -2.24. The molecule has 0 bridgehead atoms. The molecule has 6 nitrogen and oxygen atoms in total. The molecule has 0 saturated carbocycles. The predicted octanol–water partition coefficient (Wildman–Crippen LogP) is 1.82. The molecule has 0 heterocycles. The normalized spacial score (nSPS) is 9.89. The number of hydrogen-bond acceptors (Lipinski definition) is 5. The zero-order valence-corrected chi connectivity index (χ0v) is 10.1. The minimum atomic E-state index is -0.634. The van der Waals surface area contributed by atoms with E-state index in [0.717, 1.165) is 0 Å². The van der Waals surface area contributed by atoms with E-state index in [2.05, 4.69) is 0 Å². The van der Waals surface area contributed by atoms with Crippen LogP contribution in [0.15, 0.2) is 12.1 Å². The Morgan fingerprint density at radius 2 is 2.17 bits per heavy atom. The van der Waals surface area contributed by atoms with Crippen LogP contribution in [-0.4, -0.2) is 23.8 Å². The van der Waals surface area contributed by atoms with Crippen molar-refractivity contribution < 1.29 is 19.2 Å². The monoisotopic (exact) mass is 251 g/mol. The lowest BCUT2D eigenvalue weighted by molar-refractivity contribution is -0.385. The summed E-state index contributed by atoms with van der Waals surface area (Å²) in [4.78, 5) is 32.5. The van der Waals surface area contributed by atoms with Crippen LogP contribution in [0.2, 0.25) is 0 Å². The molecule has 0 fully saturated rings. The maximum Gasteiger partial charge on any atom is 0.310 e. The van der Waals surface area contributed by atoms with Gasteiger partial charge in [0.15, 0.2) is 6.29 Å². The van der Waals surface area contributed by atoms with Gasteiger partial charge in [-0.15, -0.1) is 0 Å². The maximum absolute atomic E-state index is 11.4. The van der Waals surface area contributed by atoms with Crippen molar-refractivity contribution in [1.29, 1.82) is 0 Å². The number of aldehydes is 1. The number of benzene rings is 1. The van der Waals surface area contributed by atoms with Crippen molar-refractivity contribution in [2.24, 2.45) is 0 Å². The van der Waals surface area contributed by atoms with E-state index in [1.165, 1.54) is 6.07 Å². The second kappa shape index (κ2) is 5.90. The van der Waals surface area contributed by atoms with Crippen molar-refractivity contribution in [3.63, 3.8) is 0 Å². The molecular formula is C12H13NO5. The fraction of sp³-hybridized carbons (Fsp3) is 0.333. The molecule has 0 N–H and O–H groups in total. The highest BCUT2D eigenvalue weighted by atomic mass is 16.6. The van der Waals surface area contributed by atoms with Crippen LogP contribution in [-0.2, 0) is 16.0 Å². The van der Waals surface area contributed by atoms with Crippen LogP contribution < -0.4 is 0 Å². The molecule has 0 aliphatic heterocycles. The second-order valence-electron chi connectivity index (χ2n) is 3.71. The maximum atomic E-state index is 11.4. The highest BCUT2D eigenvalue weighted by Crippen LogP contribution is 2.23. The number of nitrogens with zero attached hydrogens (tertiary/aromatic N) is 1. The Balaban J connectivity index is 3.21. The van der Waals surface area contributed by atoms with E-state index < -0.39 is 10.9 Å². The van der Waals surface area contributed by atoms with Crippen LogP contribution in [0.25, 0.3) is 0 Å². The van der Waals surface area contributed by atoms with Gasteiger partial charge in [-0.25, -0.2) is 0 Å². The first-order valence-corrected chi connectivity index (χ1v) is 5.38. The Morgan fingerprint density at radius 1 is 1.50 bits per heavy atom. The van der Waals surface area contributed by atoms with Crippen molar-refractivity contribution in [3.05, 3.63) is 38.9 Å². The van der Waals surface area contributed by atoms with Gasteiger partial charge in [-0.05, 0) is 25.0 Å². The largest absolute Gasteiger partial charge is 0.466 e. The van der Waals surface area contributed by atoms with Crippen LogP contribution in [0, 0.1) is 17.0 Å². The third-order valence-electron chi connectivity index (χ3n) is 2.34. The quantitative estimate of drug-likeness (QED) is 0.345. The van der Waals surface area contributed by atoms with Gasteiger partial charge in [-0.2, -0.15) is 0 Å². The van der Waals surface area contributed by atoms with E-state index in [-0.39, 0.29) is 24.3 Å². The molecule has 0 amide bonds. The molecule has 0 unspecified atom stereocenters. The molecule has 1 aromatic rings. The van der Waals surface area contributed by atoms with E-state index >= 15 is 0 Å². The number of carbonyl (C=O) groups is 2. The number of nitro groups is 1. The van der Waals surface area contributed by atoms with Gasteiger partial charge in [0.2, 0.25) is 0 Å². The second-order valence-corrected chi connectivity index (χ2v) is 3.71. The van der Waals surface area contributed by atoms with Gasteiger partial charge >= 0.3 is 5.97 Å². The fourth-order valence-corrected chi connectivity index (χ4v) is 1.65. The lowest BCUT2D eigenvalue weighted by Crippen LogP contribution is -2.10. The summed E-state index contributed by atoms with van der Waals surface area (Å²) in [6.07, 6.45) is 0.247. The third kappa shape index (κ3) is 3.13. The topological polar surface area (TPSA) is 86.5 Å². The Labute approximate surface area is 104 Å². The molecule has 0 radical (unpaired) electrons. The van der Waals surface area contributed by atoms with E-state index in [4.69, 9.17) is 4.74 Å². The standard InChI is InChI=1S/C12H13NO5/c1-3-18-12(15)6-9-4-8(2)5-11(13(16)17)10(9)7-14/h4-5,7H,3,6H2,1-2H3. The number of esters is 1. The zero-order chi connectivity index (χ0) is 13.7. The minimum absolute atomic E-state index is 0.0707. The first-order valence-electron chi connectivity index (χ1n) is 5.38. The smallest absolute Gasteiger partial charge is 0.310 e. The molecule has 0 atom stereocenters. The molecule has 0 aromatic heterocycles. The van der Waals surface area contributed by atoms with Gasteiger partial charge in [-0.1, -0.05) is 6.07 Å². The van der Waals surface area contributed by atoms with Crippen molar-refractivity contribution in [2.45, 2.75) is 20.3 Å². The molecule has 0 saturated heterocycles. The number of aryl methyl sites for hydroxylation is 1. The van der Waals surface area contributed by atoms with Crippen molar-refractivity contribution >= 4 is 17.9 Å². The summed E-state index contributed by atoms with van der Waals surface area (Å²) in [5, 5.41) is 10.8. The van der Waals surface area contributed by atoms with Gasteiger partial charge in [0.25, 0.3) is 5.69 Å². The Kier molecular flexibility index (Phi) is 4.53. The van der Waals surface area contributed by atoms with E-state index in [0.29, 0.717) is 17.4 Å². The van der Waals surface area contributed by atoms with Gasteiger partial charge in [0.05, 0.1) is 23.5 Å². The van der Waals surface area contributed by atoms with Crippen LogP contribution in [0.3, 0.4) is 0 Å².